The molecule has 1 heterocycles. The highest BCUT2D eigenvalue weighted by Crippen LogP contribution is 2.27. The Kier molecular flexibility index (Phi) is 4.96. The molecular weight excluding hydrogens is 285 g/mol. The minimum Gasteiger partial charge on any atom is -0.308 e. The average Bonchev–Trinajstić information content (AvgIpc) is 2.41. The summed E-state index contributed by atoms with van der Waals surface area (Å²) in [6.45, 7) is 8.82. The van der Waals surface area contributed by atoms with E-state index in [0.29, 0.717) is 16.6 Å². The fraction of sp³-hybridized carbons (Fsp3) is 0.375. The molecule has 0 unspecified atom stereocenters. The number of benzene rings is 1. The van der Waals surface area contributed by atoms with Crippen molar-refractivity contribution < 1.29 is 4.39 Å². The molecule has 1 N–H and O–H groups in total. The van der Waals surface area contributed by atoms with Gasteiger partial charge in [-0.2, -0.15) is 0 Å². The number of aromatic nitrogens is 2. The normalized spacial score (nSPS) is 11.7. The molecule has 3 nitrogen and oxygen atoms in total. The van der Waals surface area contributed by atoms with Gasteiger partial charge >= 0.3 is 0 Å². The van der Waals surface area contributed by atoms with E-state index in [1.165, 1.54) is 11.8 Å². The van der Waals surface area contributed by atoms with Gasteiger partial charge < -0.3 is 5.32 Å². The van der Waals surface area contributed by atoms with Crippen LogP contribution < -0.4 is 5.32 Å². The van der Waals surface area contributed by atoms with E-state index in [2.05, 4.69) is 36.1 Å². The predicted octanol–water partition coefficient (Wildman–Crippen LogP) is 3.96. The largest absolute Gasteiger partial charge is 0.308 e. The molecule has 0 aliphatic rings. The lowest BCUT2D eigenvalue weighted by Gasteiger charge is -2.20. The molecule has 0 aliphatic heterocycles. The van der Waals surface area contributed by atoms with E-state index in [4.69, 9.17) is 0 Å². The van der Waals surface area contributed by atoms with Crippen molar-refractivity contribution in [2.75, 3.05) is 0 Å². The van der Waals surface area contributed by atoms with Crippen LogP contribution in [0, 0.1) is 12.7 Å². The SMILES string of the molecule is Cc1cnc(Sc2ccc(CNC(C)(C)C)cc2F)nc1. The minimum atomic E-state index is -0.239. The van der Waals surface area contributed by atoms with E-state index in [1.807, 2.05) is 13.0 Å². The molecule has 0 atom stereocenters. The van der Waals surface area contributed by atoms with Gasteiger partial charge in [-0.3, -0.25) is 0 Å². The second kappa shape index (κ2) is 6.54. The molecule has 0 bridgehead atoms. The molecule has 5 heteroatoms. The van der Waals surface area contributed by atoms with E-state index in [0.717, 1.165) is 11.1 Å². The van der Waals surface area contributed by atoms with Crippen molar-refractivity contribution in [2.45, 2.75) is 49.8 Å². The fourth-order valence-corrected chi connectivity index (χ4v) is 2.34. The molecule has 1 aromatic carbocycles. The van der Waals surface area contributed by atoms with Crippen LogP contribution >= 0.6 is 11.8 Å². The van der Waals surface area contributed by atoms with Crippen molar-refractivity contribution in [3.8, 4) is 0 Å². The van der Waals surface area contributed by atoms with Gasteiger partial charge in [-0.15, -0.1) is 0 Å². The first kappa shape index (κ1) is 15.9. The average molecular weight is 305 g/mol. The quantitative estimate of drug-likeness (QED) is 0.868. The van der Waals surface area contributed by atoms with Crippen LogP contribution in [0.5, 0.6) is 0 Å². The number of hydrogen-bond acceptors (Lipinski definition) is 4. The summed E-state index contributed by atoms with van der Waals surface area (Å²) in [5.74, 6) is -0.239. The molecule has 0 spiro atoms. The third-order valence-corrected chi connectivity index (χ3v) is 3.72. The highest BCUT2D eigenvalue weighted by molar-refractivity contribution is 7.99. The Hall–Kier alpha value is -1.46. The number of rotatable bonds is 4. The predicted molar refractivity (Wildman–Crippen MR) is 83.9 cm³/mol. The van der Waals surface area contributed by atoms with Crippen LogP contribution in [0.2, 0.25) is 0 Å². The number of halogens is 1. The van der Waals surface area contributed by atoms with Crippen LogP contribution in [0.1, 0.15) is 31.9 Å². The van der Waals surface area contributed by atoms with Gasteiger partial charge in [0.05, 0.1) is 4.90 Å². The van der Waals surface area contributed by atoms with E-state index < -0.39 is 0 Å². The molecule has 2 aromatic rings. The van der Waals surface area contributed by atoms with Crippen LogP contribution in [0.15, 0.2) is 40.6 Å². The number of nitrogens with one attached hydrogen (secondary N) is 1. The Labute approximate surface area is 129 Å². The molecule has 0 saturated carbocycles. The van der Waals surface area contributed by atoms with E-state index in [9.17, 15) is 4.39 Å². The van der Waals surface area contributed by atoms with Crippen molar-refractivity contribution in [3.63, 3.8) is 0 Å². The lowest BCUT2D eigenvalue weighted by molar-refractivity contribution is 0.423. The summed E-state index contributed by atoms with van der Waals surface area (Å²) in [6, 6.07) is 5.27. The van der Waals surface area contributed by atoms with E-state index in [1.54, 1.807) is 24.5 Å². The van der Waals surface area contributed by atoms with Gasteiger partial charge in [0.2, 0.25) is 0 Å². The molecule has 0 aliphatic carbocycles. The van der Waals surface area contributed by atoms with Gasteiger partial charge in [0.15, 0.2) is 5.16 Å². The second-order valence-corrected chi connectivity index (χ2v) is 7.02. The highest BCUT2D eigenvalue weighted by atomic mass is 32.2. The molecule has 0 saturated heterocycles. The Morgan fingerprint density at radius 3 is 2.43 bits per heavy atom. The van der Waals surface area contributed by atoms with Crippen LogP contribution in [-0.2, 0) is 6.54 Å². The molecule has 1 aromatic heterocycles. The maximum atomic E-state index is 14.1. The monoisotopic (exact) mass is 305 g/mol. The van der Waals surface area contributed by atoms with Crippen molar-refractivity contribution in [1.29, 1.82) is 0 Å². The Morgan fingerprint density at radius 1 is 1.19 bits per heavy atom. The van der Waals surface area contributed by atoms with Crippen LogP contribution in [0.4, 0.5) is 4.39 Å². The van der Waals surface area contributed by atoms with Gasteiger partial charge in [-0.05, 0) is 62.7 Å². The molecule has 2 rings (SSSR count). The summed E-state index contributed by atoms with van der Waals surface area (Å²) < 4.78 is 14.1. The summed E-state index contributed by atoms with van der Waals surface area (Å²) in [6.07, 6.45) is 3.46. The molecular formula is C16H20FN3S. The van der Waals surface area contributed by atoms with Gasteiger partial charge in [0.1, 0.15) is 5.82 Å². The van der Waals surface area contributed by atoms with E-state index >= 15 is 0 Å². The summed E-state index contributed by atoms with van der Waals surface area (Å²) in [5.41, 5.74) is 1.93. The maximum Gasteiger partial charge on any atom is 0.192 e. The van der Waals surface area contributed by atoms with Gasteiger partial charge in [-0.25, -0.2) is 14.4 Å². The topological polar surface area (TPSA) is 37.8 Å². The molecule has 0 amide bonds. The van der Waals surface area contributed by atoms with Crippen molar-refractivity contribution >= 4 is 11.8 Å². The summed E-state index contributed by atoms with van der Waals surface area (Å²) >= 11 is 1.24. The minimum absolute atomic E-state index is 0.0135. The van der Waals surface area contributed by atoms with Crippen molar-refractivity contribution in [2.24, 2.45) is 0 Å². The first-order valence-electron chi connectivity index (χ1n) is 6.83. The van der Waals surface area contributed by atoms with Crippen LogP contribution in [-0.4, -0.2) is 15.5 Å². The molecule has 0 radical (unpaired) electrons. The second-order valence-electron chi connectivity index (χ2n) is 6.01. The first-order chi connectivity index (χ1) is 9.83. The zero-order valence-corrected chi connectivity index (χ0v) is 13.6. The lowest BCUT2D eigenvalue weighted by atomic mass is 10.1. The Bertz CT molecular complexity index is 606. The van der Waals surface area contributed by atoms with Gasteiger partial charge in [-0.1, -0.05) is 6.07 Å². The summed E-state index contributed by atoms with van der Waals surface area (Å²) in [4.78, 5) is 8.90. The maximum absolute atomic E-state index is 14.1. The standard InChI is InChI=1S/C16H20FN3S/c1-11-8-18-15(19-9-11)21-14-6-5-12(7-13(14)17)10-20-16(2,3)4/h5-9,20H,10H2,1-4H3. The summed E-state index contributed by atoms with van der Waals surface area (Å²) in [5, 5.41) is 3.90. The Balaban J connectivity index is 2.07. The van der Waals surface area contributed by atoms with Crippen molar-refractivity contribution in [1.82, 2.24) is 15.3 Å². The molecule has 112 valence electrons. The highest BCUT2D eigenvalue weighted by Gasteiger charge is 2.11. The zero-order valence-electron chi connectivity index (χ0n) is 12.8. The smallest absolute Gasteiger partial charge is 0.192 e. The first-order valence-corrected chi connectivity index (χ1v) is 7.65. The number of aryl methyl sites for hydroxylation is 1. The third-order valence-electron chi connectivity index (χ3n) is 2.78. The van der Waals surface area contributed by atoms with Gasteiger partial charge in [0.25, 0.3) is 0 Å². The fourth-order valence-electron chi connectivity index (χ4n) is 1.64. The third kappa shape index (κ3) is 5.10. The zero-order chi connectivity index (χ0) is 15.5. The number of nitrogens with zero attached hydrogens (tertiary/aromatic N) is 2. The van der Waals surface area contributed by atoms with Crippen LogP contribution in [0.25, 0.3) is 0 Å². The lowest BCUT2D eigenvalue weighted by Crippen LogP contribution is -2.35. The number of hydrogen-bond donors (Lipinski definition) is 1. The molecule has 21 heavy (non-hydrogen) atoms. The van der Waals surface area contributed by atoms with Gasteiger partial charge in [0, 0.05) is 24.5 Å². The molecule has 0 fully saturated rings. The summed E-state index contributed by atoms with van der Waals surface area (Å²) in [7, 11) is 0. The van der Waals surface area contributed by atoms with Crippen molar-refractivity contribution in [3.05, 3.63) is 47.5 Å². The Morgan fingerprint density at radius 2 is 1.86 bits per heavy atom. The van der Waals surface area contributed by atoms with E-state index in [-0.39, 0.29) is 11.4 Å². The van der Waals surface area contributed by atoms with Crippen LogP contribution in [0.3, 0.4) is 0 Å².